The minimum atomic E-state index is -1.14. The smallest absolute Gasteiger partial charge is 0.344 e. The molecule has 0 aromatic heterocycles. The summed E-state index contributed by atoms with van der Waals surface area (Å²) in [5.74, 6) is -1.67. The minimum absolute atomic E-state index is 0.0160. The Morgan fingerprint density at radius 3 is 2.58 bits per heavy atom. The van der Waals surface area contributed by atoms with Crippen molar-refractivity contribution >= 4 is 36.2 Å². The highest BCUT2D eigenvalue weighted by Gasteiger charge is 2.20. The van der Waals surface area contributed by atoms with Crippen LogP contribution in [0.5, 0.6) is 5.75 Å². The summed E-state index contributed by atoms with van der Waals surface area (Å²) in [5.41, 5.74) is -0.0160. The molecule has 0 radical (unpaired) electrons. The van der Waals surface area contributed by atoms with Crippen molar-refractivity contribution in [2.75, 3.05) is 5.75 Å². The summed E-state index contributed by atoms with van der Waals surface area (Å²) in [5, 5.41) is 18.0. The van der Waals surface area contributed by atoms with E-state index < -0.39 is 18.0 Å². The molecule has 0 saturated heterocycles. The van der Waals surface area contributed by atoms with Gasteiger partial charge in [-0.1, -0.05) is 11.6 Å². The van der Waals surface area contributed by atoms with Crippen molar-refractivity contribution in [2.24, 2.45) is 0 Å². The first kappa shape index (κ1) is 15.7. The van der Waals surface area contributed by atoms with Gasteiger partial charge < -0.3 is 14.9 Å². The number of rotatable bonds is 7. The molecule has 0 saturated carbocycles. The van der Waals surface area contributed by atoms with Gasteiger partial charge in [0.15, 0.2) is 6.10 Å². The number of carbonyl (C=O) groups is 2. The molecule has 0 aliphatic carbocycles. The molecule has 1 aromatic rings. The number of carboxylic acids is 2. The second-order valence-corrected chi connectivity index (χ2v) is 4.62. The van der Waals surface area contributed by atoms with Crippen LogP contribution in [0.15, 0.2) is 18.2 Å². The number of hydrogen-bond donors (Lipinski definition) is 3. The molecule has 0 bridgehead atoms. The summed E-state index contributed by atoms with van der Waals surface area (Å²) in [4.78, 5) is 21.9. The largest absolute Gasteiger partial charge is 0.479 e. The Hall–Kier alpha value is -1.40. The third kappa shape index (κ3) is 4.65. The Kier molecular flexibility index (Phi) is 5.98. The Morgan fingerprint density at radius 2 is 2.05 bits per heavy atom. The molecule has 1 rings (SSSR count). The van der Waals surface area contributed by atoms with Crippen molar-refractivity contribution in [3.05, 3.63) is 28.8 Å². The monoisotopic (exact) mass is 304 g/mol. The highest BCUT2D eigenvalue weighted by Crippen LogP contribution is 2.27. The van der Waals surface area contributed by atoms with Gasteiger partial charge in [0.1, 0.15) is 5.75 Å². The van der Waals surface area contributed by atoms with Gasteiger partial charge in [0.2, 0.25) is 0 Å². The summed E-state index contributed by atoms with van der Waals surface area (Å²) in [7, 11) is 0. The van der Waals surface area contributed by atoms with Crippen LogP contribution in [0, 0.1) is 0 Å². The van der Waals surface area contributed by atoms with Gasteiger partial charge in [-0.2, -0.15) is 12.6 Å². The van der Waals surface area contributed by atoms with Gasteiger partial charge in [-0.3, -0.25) is 0 Å². The lowest BCUT2D eigenvalue weighted by Gasteiger charge is -2.16. The zero-order chi connectivity index (χ0) is 14.4. The number of benzene rings is 1. The van der Waals surface area contributed by atoms with Crippen LogP contribution in [0.2, 0.25) is 5.02 Å². The number of carboxylic acid groups (broad SMARTS) is 2. The topological polar surface area (TPSA) is 83.8 Å². The molecule has 1 aromatic carbocycles. The minimum Gasteiger partial charge on any atom is -0.479 e. The van der Waals surface area contributed by atoms with Crippen LogP contribution in [-0.4, -0.2) is 34.0 Å². The first-order chi connectivity index (χ1) is 8.95. The highest BCUT2D eigenvalue weighted by atomic mass is 35.5. The Morgan fingerprint density at radius 1 is 1.37 bits per heavy atom. The number of thiol groups is 1. The van der Waals surface area contributed by atoms with E-state index in [-0.39, 0.29) is 22.8 Å². The van der Waals surface area contributed by atoms with Gasteiger partial charge in [-0.15, -0.1) is 0 Å². The van der Waals surface area contributed by atoms with Crippen molar-refractivity contribution < 1.29 is 24.5 Å². The Bertz CT molecular complexity index is 477. The summed E-state index contributed by atoms with van der Waals surface area (Å²) in [6.07, 6.45) is -0.239. The average Bonchev–Trinajstić information content (AvgIpc) is 2.35. The second kappa shape index (κ2) is 7.25. The van der Waals surface area contributed by atoms with Crippen LogP contribution in [0.3, 0.4) is 0 Å². The number of halogens is 1. The highest BCUT2D eigenvalue weighted by molar-refractivity contribution is 7.80. The first-order valence-electron chi connectivity index (χ1n) is 5.49. The molecule has 19 heavy (non-hydrogen) atoms. The molecule has 1 unspecified atom stereocenters. The van der Waals surface area contributed by atoms with E-state index in [0.29, 0.717) is 12.2 Å². The molecule has 0 aliphatic rings. The Labute approximate surface area is 120 Å². The normalized spacial score (nSPS) is 11.9. The van der Waals surface area contributed by atoms with Gasteiger partial charge >= 0.3 is 11.9 Å². The number of ether oxygens (including phenoxy) is 1. The predicted octanol–water partition coefficient (Wildman–Crippen LogP) is 2.58. The maximum Gasteiger partial charge on any atom is 0.344 e. The zero-order valence-electron chi connectivity index (χ0n) is 9.88. The van der Waals surface area contributed by atoms with Gasteiger partial charge in [0.25, 0.3) is 0 Å². The van der Waals surface area contributed by atoms with Crippen LogP contribution in [-0.2, 0) is 4.79 Å². The standard InChI is InChI=1S/C12H13ClO5S/c13-8-4-3-7(11(14)15)6-10(8)18-9(12(16)17)2-1-5-19/h3-4,6,9,19H,1-2,5H2,(H,14,15)(H,16,17). The van der Waals surface area contributed by atoms with Gasteiger partial charge in [0, 0.05) is 0 Å². The lowest BCUT2D eigenvalue weighted by atomic mass is 10.2. The number of aromatic carboxylic acids is 1. The molecule has 0 spiro atoms. The molecule has 1 atom stereocenters. The van der Waals surface area contributed by atoms with E-state index >= 15 is 0 Å². The fourth-order valence-electron chi connectivity index (χ4n) is 1.39. The molecule has 5 nitrogen and oxygen atoms in total. The van der Waals surface area contributed by atoms with E-state index in [0.717, 1.165) is 0 Å². The van der Waals surface area contributed by atoms with E-state index in [4.69, 9.17) is 26.6 Å². The first-order valence-corrected chi connectivity index (χ1v) is 6.50. The molecule has 0 aliphatic heterocycles. The molecule has 7 heteroatoms. The van der Waals surface area contributed by atoms with Gasteiger partial charge in [-0.25, -0.2) is 9.59 Å². The van der Waals surface area contributed by atoms with Crippen LogP contribution in [0.4, 0.5) is 0 Å². The molecule has 0 fully saturated rings. The van der Waals surface area contributed by atoms with E-state index in [1.165, 1.54) is 18.2 Å². The van der Waals surface area contributed by atoms with E-state index in [1.54, 1.807) is 0 Å². The molecular formula is C12H13ClO5S. The van der Waals surface area contributed by atoms with E-state index in [2.05, 4.69) is 12.6 Å². The Balaban J connectivity index is 2.91. The van der Waals surface area contributed by atoms with Crippen molar-refractivity contribution in [3.8, 4) is 5.75 Å². The van der Waals surface area contributed by atoms with Crippen molar-refractivity contribution in [3.63, 3.8) is 0 Å². The molecule has 2 N–H and O–H groups in total. The molecule has 0 amide bonds. The van der Waals surface area contributed by atoms with Gasteiger partial charge in [-0.05, 0) is 36.8 Å². The van der Waals surface area contributed by atoms with Crippen LogP contribution >= 0.6 is 24.2 Å². The van der Waals surface area contributed by atoms with Crippen molar-refractivity contribution in [2.45, 2.75) is 18.9 Å². The van der Waals surface area contributed by atoms with E-state index in [1.807, 2.05) is 0 Å². The number of hydrogen-bond acceptors (Lipinski definition) is 4. The molecule has 0 heterocycles. The van der Waals surface area contributed by atoms with E-state index in [9.17, 15) is 9.59 Å². The lowest BCUT2D eigenvalue weighted by Crippen LogP contribution is -2.27. The quantitative estimate of drug-likeness (QED) is 0.674. The van der Waals surface area contributed by atoms with Crippen LogP contribution < -0.4 is 4.74 Å². The summed E-state index contributed by atoms with van der Waals surface area (Å²) < 4.78 is 5.27. The molecular weight excluding hydrogens is 292 g/mol. The third-order valence-corrected chi connectivity index (χ3v) is 2.98. The summed E-state index contributed by atoms with van der Waals surface area (Å²) >= 11 is 9.86. The van der Waals surface area contributed by atoms with Crippen LogP contribution in [0.1, 0.15) is 23.2 Å². The fraction of sp³-hybridized carbons (Fsp3) is 0.333. The summed E-state index contributed by atoms with van der Waals surface area (Å²) in [6, 6.07) is 3.89. The lowest BCUT2D eigenvalue weighted by molar-refractivity contribution is -0.145. The number of aliphatic carboxylic acids is 1. The maximum absolute atomic E-state index is 11.0. The molecule has 104 valence electrons. The average molecular weight is 305 g/mol. The third-order valence-electron chi connectivity index (χ3n) is 2.35. The fourth-order valence-corrected chi connectivity index (χ4v) is 1.73. The van der Waals surface area contributed by atoms with Crippen molar-refractivity contribution in [1.82, 2.24) is 0 Å². The SMILES string of the molecule is O=C(O)c1ccc(Cl)c(OC(CCCS)C(=O)O)c1. The second-order valence-electron chi connectivity index (χ2n) is 3.76. The zero-order valence-corrected chi connectivity index (χ0v) is 11.5. The van der Waals surface area contributed by atoms with Gasteiger partial charge in [0.05, 0.1) is 10.6 Å². The van der Waals surface area contributed by atoms with Crippen molar-refractivity contribution in [1.29, 1.82) is 0 Å². The summed E-state index contributed by atoms with van der Waals surface area (Å²) in [6.45, 7) is 0. The van der Waals surface area contributed by atoms with Crippen LogP contribution in [0.25, 0.3) is 0 Å². The maximum atomic E-state index is 11.0. The predicted molar refractivity (Wildman–Crippen MR) is 73.6 cm³/mol.